The normalized spacial score (nSPS) is 11.2. The molecule has 0 saturated heterocycles. The third-order valence-electron chi connectivity index (χ3n) is 7.79. The fourth-order valence-electron chi connectivity index (χ4n) is 5.14. The summed E-state index contributed by atoms with van der Waals surface area (Å²) in [6.07, 6.45) is 6.71. The van der Waals surface area contributed by atoms with E-state index >= 15 is 0 Å². The number of hydrogen-bond acceptors (Lipinski definition) is 4. The van der Waals surface area contributed by atoms with Crippen LogP contribution in [0.3, 0.4) is 0 Å². The molecule has 6 heteroatoms. The van der Waals surface area contributed by atoms with Crippen molar-refractivity contribution in [3.8, 4) is 0 Å². The zero-order valence-corrected chi connectivity index (χ0v) is 26.0. The highest BCUT2D eigenvalue weighted by Crippen LogP contribution is 2.17. The lowest BCUT2D eigenvalue weighted by Gasteiger charge is -2.28. The minimum atomic E-state index is -0.221. The Morgan fingerprint density at radius 2 is 1.60 bits per heavy atom. The van der Waals surface area contributed by atoms with Crippen LogP contribution in [0.25, 0.3) is 11.0 Å². The molecule has 0 aliphatic carbocycles. The summed E-state index contributed by atoms with van der Waals surface area (Å²) in [5, 5.41) is 0.497. The van der Waals surface area contributed by atoms with E-state index in [4.69, 9.17) is 4.42 Å². The van der Waals surface area contributed by atoms with Gasteiger partial charge < -0.3 is 14.2 Å². The molecule has 0 fully saturated rings. The van der Waals surface area contributed by atoms with E-state index in [0.29, 0.717) is 41.1 Å². The third kappa shape index (κ3) is 8.90. The highest BCUT2D eigenvalue weighted by Gasteiger charge is 2.24. The monoisotopic (exact) mass is 580 g/mol. The van der Waals surface area contributed by atoms with Crippen molar-refractivity contribution in [3.05, 3.63) is 117 Å². The molecular weight excluding hydrogens is 536 g/mol. The number of fused-ring (bicyclic) bond motifs is 1. The van der Waals surface area contributed by atoms with Crippen molar-refractivity contribution in [2.75, 3.05) is 13.1 Å². The van der Waals surface area contributed by atoms with Crippen LogP contribution in [0.5, 0.6) is 0 Å². The molecule has 0 bridgehead atoms. The van der Waals surface area contributed by atoms with Crippen LogP contribution in [0.2, 0.25) is 0 Å². The number of rotatable bonds is 14. The number of nitrogens with zero attached hydrogens (tertiary/aromatic N) is 2. The van der Waals surface area contributed by atoms with Crippen LogP contribution in [0.4, 0.5) is 0 Å². The molecule has 2 amide bonds. The fraction of sp³-hybridized carbons (Fsp3) is 0.378. The molecule has 0 spiro atoms. The van der Waals surface area contributed by atoms with E-state index in [2.05, 4.69) is 20.8 Å². The summed E-state index contributed by atoms with van der Waals surface area (Å²) in [6, 6.07) is 23.0. The summed E-state index contributed by atoms with van der Waals surface area (Å²) in [4.78, 5) is 44.4. The maximum atomic E-state index is 14.0. The van der Waals surface area contributed by atoms with Crippen molar-refractivity contribution in [2.45, 2.75) is 72.9 Å². The Balaban J connectivity index is 1.59. The number of carbonyl (C=O) groups excluding carboxylic acids is 2. The van der Waals surface area contributed by atoms with E-state index in [-0.39, 0.29) is 30.3 Å². The molecule has 43 heavy (non-hydrogen) atoms. The number of hydrogen-bond donors (Lipinski definition) is 0. The van der Waals surface area contributed by atoms with Gasteiger partial charge in [-0.25, -0.2) is 0 Å². The zero-order chi connectivity index (χ0) is 30.8. The predicted molar refractivity (Wildman–Crippen MR) is 173 cm³/mol. The largest absolute Gasteiger partial charge is 0.464 e. The Kier molecular flexibility index (Phi) is 11.3. The molecule has 226 valence electrons. The van der Waals surface area contributed by atoms with Crippen molar-refractivity contribution in [1.29, 1.82) is 0 Å². The van der Waals surface area contributed by atoms with E-state index < -0.39 is 0 Å². The smallest absolute Gasteiger partial charge is 0.254 e. The maximum Gasteiger partial charge on any atom is 0.254 e. The number of unbranched alkanes of at least 4 members (excludes halogenated alkanes) is 2. The van der Waals surface area contributed by atoms with Gasteiger partial charge in [0.15, 0.2) is 5.43 Å². The molecule has 1 aromatic heterocycles. The van der Waals surface area contributed by atoms with Gasteiger partial charge >= 0.3 is 0 Å². The highest BCUT2D eigenvalue weighted by molar-refractivity contribution is 5.96. The lowest BCUT2D eigenvalue weighted by molar-refractivity contribution is -0.133. The van der Waals surface area contributed by atoms with Gasteiger partial charge in [0.2, 0.25) is 5.91 Å². The molecule has 4 aromatic rings. The van der Waals surface area contributed by atoms with Gasteiger partial charge in [-0.2, -0.15) is 0 Å². The number of aryl methyl sites for hydroxylation is 2. The first kappa shape index (κ1) is 31.7. The minimum Gasteiger partial charge on any atom is -0.464 e. The summed E-state index contributed by atoms with van der Waals surface area (Å²) < 4.78 is 5.79. The van der Waals surface area contributed by atoms with E-state index in [1.54, 1.807) is 15.9 Å². The Bertz CT molecular complexity index is 1560. The van der Waals surface area contributed by atoms with Crippen LogP contribution < -0.4 is 5.43 Å². The van der Waals surface area contributed by atoms with Crippen LogP contribution in [0, 0.1) is 12.8 Å². The van der Waals surface area contributed by atoms with Gasteiger partial charge in [0, 0.05) is 18.7 Å². The van der Waals surface area contributed by atoms with Crippen LogP contribution in [-0.4, -0.2) is 34.7 Å². The number of carbonyl (C=O) groups is 2. The Labute approximate surface area is 255 Å². The summed E-state index contributed by atoms with van der Waals surface area (Å²) in [6.45, 7) is 9.12. The van der Waals surface area contributed by atoms with E-state index in [1.807, 2.05) is 73.7 Å². The Morgan fingerprint density at radius 1 is 0.860 bits per heavy atom. The van der Waals surface area contributed by atoms with Crippen LogP contribution in [0.1, 0.15) is 79.1 Å². The minimum absolute atomic E-state index is 0.0747. The Hall–Kier alpha value is -4.19. The average molecular weight is 581 g/mol. The van der Waals surface area contributed by atoms with Crippen LogP contribution in [0.15, 0.2) is 88.3 Å². The maximum absolute atomic E-state index is 14.0. The van der Waals surface area contributed by atoms with Gasteiger partial charge in [-0.3, -0.25) is 14.4 Å². The van der Waals surface area contributed by atoms with Gasteiger partial charge in [0.25, 0.3) is 5.91 Å². The Morgan fingerprint density at radius 3 is 2.30 bits per heavy atom. The van der Waals surface area contributed by atoms with Gasteiger partial charge in [0.1, 0.15) is 12.1 Å². The first-order valence-corrected chi connectivity index (χ1v) is 15.5. The number of benzene rings is 3. The van der Waals surface area contributed by atoms with Crippen molar-refractivity contribution in [2.24, 2.45) is 5.92 Å². The molecule has 0 N–H and O–H groups in total. The molecule has 3 aromatic carbocycles. The molecule has 0 aliphatic heterocycles. The second kappa shape index (κ2) is 15.3. The van der Waals surface area contributed by atoms with Gasteiger partial charge in [-0.05, 0) is 67.5 Å². The van der Waals surface area contributed by atoms with Crippen LogP contribution in [-0.2, 0) is 24.3 Å². The average Bonchev–Trinajstić information content (AvgIpc) is 3.01. The predicted octanol–water partition coefficient (Wildman–Crippen LogP) is 7.55. The first-order valence-electron chi connectivity index (χ1n) is 15.5. The molecule has 0 aliphatic rings. The quantitative estimate of drug-likeness (QED) is 0.144. The highest BCUT2D eigenvalue weighted by atomic mass is 16.3. The van der Waals surface area contributed by atoms with E-state index in [1.165, 1.54) is 24.7 Å². The summed E-state index contributed by atoms with van der Waals surface area (Å²) in [7, 11) is 0. The molecular formula is C37H44N2O4. The van der Waals surface area contributed by atoms with Crippen LogP contribution >= 0.6 is 0 Å². The zero-order valence-electron chi connectivity index (χ0n) is 26.0. The third-order valence-corrected chi connectivity index (χ3v) is 7.79. The molecule has 0 radical (unpaired) electrons. The topological polar surface area (TPSA) is 70.8 Å². The second-order valence-electron chi connectivity index (χ2n) is 11.9. The summed E-state index contributed by atoms with van der Waals surface area (Å²) in [5.74, 6) is -0.00666. The SMILES string of the molecule is CCCCCc1ccc(C(=O)N(CCC(C)C)CC(=O)N(Cc2ccccc2)Cc2coc3ccc(C)cc3c2=O)cc1. The summed E-state index contributed by atoms with van der Waals surface area (Å²) in [5.41, 5.74) is 4.47. The first-order chi connectivity index (χ1) is 20.7. The summed E-state index contributed by atoms with van der Waals surface area (Å²) >= 11 is 0. The van der Waals surface area contributed by atoms with Crippen molar-refractivity contribution >= 4 is 22.8 Å². The number of amides is 2. The van der Waals surface area contributed by atoms with Crippen molar-refractivity contribution in [3.63, 3.8) is 0 Å². The molecule has 4 rings (SSSR count). The molecule has 0 atom stereocenters. The molecule has 0 saturated carbocycles. The van der Waals surface area contributed by atoms with Gasteiger partial charge in [-0.15, -0.1) is 0 Å². The van der Waals surface area contributed by atoms with E-state index in [9.17, 15) is 14.4 Å². The molecule has 1 heterocycles. The fourth-order valence-corrected chi connectivity index (χ4v) is 5.14. The van der Waals surface area contributed by atoms with Crippen molar-refractivity contribution in [1.82, 2.24) is 9.80 Å². The van der Waals surface area contributed by atoms with E-state index in [0.717, 1.165) is 30.4 Å². The lowest BCUT2D eigenvalue weighted by Crippen LogP contribution is -2.43. The second-order valence-corrected chi connectivity index (χ2v) is 11.9. The molecule has 0 unspecified atom stereocenters. The van der Waals surface area contributed by atoms with Crippen molar-refractivity contribution < 1.29 is 14.0 Å². The standard InChI is InChI=1S/C37H44N2O4/c1-5-6-8-11-29-15-17-31(18-16-29)37(42)38(21-20-27(2)3)25-35(40)39(23-30-12-9-7-10-13-30)24-32-26-43-34-19-14-28(4)22-33(34)36(32)41/h7,9-10,12-19,22,26-27H,5-6,8,11,20-21,23-25H2,1-4H3. The lowest BCUT2D eigenvalue weighted by atomic mass is 10.0. The van der Waals surface area contributed by atoms with Gasteiger partial charge in [-0.1, -0.05) is 87.7 Å². The molecule has 6 nitrogen and oxygen atoms in total. The van der Waals surface area contributed by atoms with Gasteiger partial charge in [0.05, 0.1) is 23.8 Å².